The van der Waals surface area contributed by atoms with Gasteiger partial charge in [-0.25, -0.2) is 0 Å². The van der Waals surface area contributed by atoms with E-state index in [-0.39, 0.29) is 30.2 Å². The summed E-state index contributed by atoms with van der Waals surface area (Å²) in [7, 11) is 3.50. The van der Waals surface area contributed by atoms with Gasteiger partial charge in [-0.1, -0.05) is 30.3 Å². The molecule has 1 aromatic carbocycles. The molecule has 1 fully saturated rings. The number of carbonyl (C=O) groups is 1. The minimum atomic E-state index is -0.0989. The number of benzene rings is 1. The van der Waals surface area contributed by atoms with Crippen LogP contribution < -0.4 is 0 Å². The van der Waals surface area contributed by atoms with Crippen molar-refractivity contribution in [2.24, 2.45) is 5.92 Å². The van der Waals surface area contributed by atoms with Gasteiger partial charge in [0, 0.05) is 19.0 Å². The summed E-state index contributed by atoms with van der Waals surface area (Å²) in [6.07, 6.45) is 0. The van der Waals surface area contributed by atoms with Crippen molar-refractivity contribution < 1.29 is 9.53 Å². The van der Waals surface area contributed by atoms with Gasteiger partial charge in [-0.2, -0.15) is 0 Å². The number of likely N-dealkylation sites (tertiary alicyclic amines) is 1. The zero-order valence-corrected chi connectivity index (χ0v) is 10.9. The Bertz CT molecular complexity index is 369. The molecule has 0 aromatic heterocycles. The summed E-state index contributed by atoms with van der Waals surface area (Å²) >= 11 is 0. The fourth-order valence-electron chi connectivity index (χ4n) is 2.43. The van der Waals surface area contributed by atoms with Gasteiger partial charge in [0.15, 0.2) is 0 Å². The first kappa shape index (κ1) is 14.0. The molecule has 1 heterocycles. The molecule has 0 saturated carbocycles. The van der Waals surface area contributed by atoms with Crippen molar-refractivity contribution in [3.63, 3.8) is 0 Å². The number of esters is 1. The lowest BCUT2D eigenvalue weighted by Gasteiger charge is -2.16. The molecule has 1 aliphatic heterocycles. The highest BCUT2D eigenvalue weighted by Crippen LogP contribution is 2.32. The molecule has 0 bridgehead atoms. The standard InChI is InChI=1S/C13H17NO2.ClH/c1-14-8-11(10-6-4-3-5-7-10)12(9-14)13(15)16-2;/h3-7,11-12H,8-9H2,1-2H3;1H. The highest BCUT2D eigenvalue weighted by Gasteiger charge is 2.37. The van der Waals surface area contributed by atoms with E-state index in [4.69, 9.17) is 4.74 Å². The first-order valence-electron chi connectivity index (χ1n) is 5.53. The van der Waals surface area contributed by atoms with E-state index < -0.39 is 0 Å². The highest BCUT2D eigenvalue weighted by molar-refractivity contribution is 5.85. The maximum Gasteiger partial charge on any atom is 0.310 e. The van der Waals surface area contributed by atoms with Crippen molar-refractivity contribution in [2.45, 2.75) is 5.92 Å². The molecule has 0 radical (unpaired) electrons. The summed E-state index contributed by atoms with van der Waals surface area (Å²) in [5, 5.41) is 0. The van der Waals surface area contributed by atoms with Gasteiger partial charge in [0.25, 0.3) is 0 Å². The van der Waals surface area contributed by atoms with Gasteiger partial charge in [0.2, 0.25) is 0 Å². The number of rotatable bonds is 2. The Hall–Kier alpha value is -1.06. The van der Waals surface area contributed by atoms with Gasteiger partial charge in [-0.3, -0.25) is 4.79 Å². The molecule has 4 heteroatoms. The van der Waals surface area contributed by atoms with Crippen molar-refractivity contribution in [3.05, 3.63) is 35.9 Å². The summed E-state index contributed by atoms with van der Waals surface area (Å²) in [6, 6.07) is 10.2. The van der Waals surface area contributed by atoms with E-state index in [1.165, 1.54) is 12.7 Å². The van der Waals surface area contributed by atoms with E-state index in [0.717, 1.165) is 13.1 Å². The van der Waals surface area contributed by atoms with E-state index in [0.29, 0.717) is 0 Å². The summed E-state index contributed by atoms with van der Waals surface area (Å²) in [5.41, 5.74) is 1.22. The van der Waals surface area contributed by atoms with Crippen molar-refractivity contribution in [3.8, 4) is 0 Å². The monoisotopic (exact) mass is 255 g/mol. The van der Waals surface area contributed by atoms with Gasteiger partial charge in [0.05, 0.1) is 13.0 Å². The van der Waals surface area contributed by atoms with Crippen LogP contribution in [0, 0.1) is 5.92 Å². The molecule has 1 aliphatic rings. The van der Waals surface area contributed by atoms with E-state index in [1.54, 1.807) is 0 Å². The average molecular weight is 256 g/mol. The number of nitrogens with zero attached hydrogens (tertiary/aromatic N) is 1. The van der Waals surface area contributed by atoms with Crippen LogP contribution in [-0.2, 0) is 9.53 Å². The third kappa shape index (κ3) is 2.99. The van der Waals surface area contributed by atoms with Gasteiger partial charge in [0.1, 0.15) is 0 Å². The number of methoxy groups -OCH3 is 1. The number of halogens is 1. The molecule has 2 atom stereocenters. The summed E-state index contributed by atoms with van der Waals surface area (Å²) in [4.78, 5) is 13.9. The quantitative estimate of drug-likeness (QED) is 0.757. The van der Waals surface area contributed by atoms with E-state index in [9.17, 15) is 4.79 Å². The van der Waals surface area contributed by atoms with Crippen LogP contribution in [-0.4, -0.2) is 38.1 Å². The molecular formula is C13H18ClNO2. The molecule has 17 heavy (non-hydrogen) atoms. The van der Waals surface area contributed by atoms with Gasteiger partial charge in [-0.05, 0) is 12.6 Å². The average Bonchev–Trinajstić information content (AvgIpc) is 2.71. The second kappa shape index (κ2) is 6.03. The lowest BCUT2D eigenvalue weighted by molar-refractivity contribution is -0.145. The second-order valence-electron chi connectivity index (χ2n) is 4.37. The third-order valence-corrected chi connectivity index (χ3v) is 3.23. The smallest absolute Gasteiger partial charge is 0.310 e. The molecule has 1 aromatic rings. The largest absolute Gasteiger partial charge is 0.469 e. The maximum atomic E-state index is 11.7. The van der Waals surface area contributed by atoms with Crippen LogP contribution in [0.4, 0.5) is 0 Å². The Labute approximate surface area is 108 Å². The second-order valence-corrected chi connectivity index (χ2v) is 4.37. The fourth-order valence-corrected chi connectivity index (χ4v) is 2.43. The van der Waals surface area contributed by atoms with Crippen LogP contribution in [0.5, 0.6) is 0 Å². The van der Waals surface area contributed by atoms with Gasteiger partial charge < -0.3 is 9.64 Å². The van der Waals surface area contributed by atoms with Crippen LogP contribution in [0.1, 0.15) is 11.5 Å². The summed E-state index contributed by atoms with van der Waals surface area (Å²) in [6.45, 7) is 1.70. The number of ether oxygens (including phenoxy) is 1. The number of carbonyl (C=O) groups excluding carboxylic acids is 1. The number of likely N-dealkylation sites (N-methyl/N-ethyl adjacent to an activating group) is 1. The van der Waals surface area contributed by atoms with Crippen molar-refractivity contribution in [2.75, 3.05) is 27.2 Å². The predicted molar refractivity (Wildman–Crippen MR) is 69.4 cm³/mol. The Morgan fingerprint density at radius 2 is 1.94 bits per heavy atom. The molecule has 3 nitrogen and oxygen atoms in total. The predicted octanol–water partition coefficient (Wildman–Crippen LogP) is 1.93. The molecule has 0 N–H and O–H groups in total. The molecule has 0 spiro atoms. The van der Waals surface area contributed by atoms with Crippen molar-refractivity contribution in [1.29, 1.82) is 0 Å². The first-order chi connectivity index (χ1) is 7.72. The minimum absolute atomic E-state index is 0. The van der Waals surface area contributed by atoms with Crippen LogP contribution in [0.2, 0.25) is 0 Å². The van der Waals surface area contributed by atoms with Crippen molar-refractivity contribution in [1.82, 2.24) is 4.90 Å². The van der Waals surface area contributed by atoms with E-state index >= 15 is 0 Å². The van der Waals surface area contributed by atoms with Crippen LogP contribution in [0.25, 0.3) is 0 Å². The molecule has 2 unspecified atom stereocenters. The van der Waals surface area contributed by atoms with E-state index in [2.05, 4.69) is 17.0 Å². The topological polar surface area (TPSA) is 29.5 Å². The lowest BCUT2D eigenvalue weighted by atomic mass is 9.89. The molecule has 2 rings (SSSR count). The summed E-state index contributed by atoms with van der Waals surface area (Å²) in [5.74, 6) is 0.134. The molecule has 94 valence electrons. The lowest BCUT2D eigenvalue weighted by Crippen LogP contribution is -2.23. The molecule has 0 amide bonds. The molecular weight excluding hydrogens is 238 g/mol. The SMILES string of the molecule is COC(=O)C1CN(C)CC1c1ccccc1.Cl. The first-order valence-corrected chi connectivity index (χ1v) is 5.53. The van der Waals surface area contributed by atoms with Gasteiger partial charge >= 0.3 is 5.97 Å². The fraction of sp³-hybridized carbons (Fsp3) is 0.462. The Kier molecular flexibility index (Phi) is 4.97. The van der Waals surface area contributed by atoms with Crippen LogP contribution in [0.3, 0.4) is 0 Å². The minimum Gasteiger partial charge on any atom is -0.469 e. The Morgan fingerprint density at radius 1 is 1.29 bits per heavy atom. The van der Waals surface area contributed by atoms with Gasteiger partial charge in [-0.15, -0.1) is 12.4 Å². The number of hydrogen-bond acceptors (Lipinski definition) is 3. The maximum absolute atomic E-state index is 11.7. The van der Waals surface area contributed by atoms with E-state index in [1.807, 2.05) is 25.2 Å². The van der Waals surface area contributed by atoms with Crippen LogP contribution >= 0.6 is 12.4 Å². The highest BCUT2D eigenvalue weighted by atomic mass is 35.5. The zero-order chi connectivity index (χ0) is 11.5. The third-order valence-electron chi connectivity index (χ3n) is 3.23. The Morgan fingerprint density at radius 3 is 2.53 bits per heavy atom. The number of hydrogen-bond donors (Lipinski definition) is 0. The molecule has 0 aliphatic carbocycles. The van der Waals surface area contributed by atoms with Crippen LogP contribution in [0.15, 0.2) is 30.3 Å². The Balaban J connectivity index is 0.00000144. The van der Waals surface area contributed by atoms with Crippen molar-refractivity contribution >= 4 is 18.4 Å². The molecule has 1 saturated heterocycles. The normalized spacial score (nSPS) is 24.1. The zero-order valence-electron chi connectivity index (χ0n) is 10.1. The summed E-state index contributed by atoms with van der Waals surface area (Å²) < 4.78 is 4.87.